The van der Waals surface area contributed by atoms with E-state index in [1.165, 1.54) is 0 Å². The highest BCUT2D eigenvalue weighted by Crippen LogP contribution is 2.26. The lowest BCUT2D eigenvalue weighted by Gasteiger charge is -2.19. The van der Waals surface area contributed by atoms with Crippen molar-refractivity contribution >= 4 is 11.6 Å². The monoisotopic (exact) mass is 272 g/mol. The van der Waals surface area contributed by atoms with Crippen molar-refractivity contribution in [1.29, 1.82) is 0 Å². The van der Waals surface area contributed by atoms with Crippen molar-refractivity contribution in [3.63, 3.8) is 0 Å². The van der Waals surface area contributed by atoms with Gasteiger partial charge in [-0.2, -0.15) is 0 Å². The molecule has 0 saturated carbocycles. The third-order valence-corrected chi connectivity index (χ3v) is 3.55. The lowest BCUT2D eigenvalue weighted by molar-refractivity contribution is 0.0868. The normalized spacial score (nSPS) is 14.5. The van der Waals surface area contributed by atoms with Gasteiger partial charge in [-0.3, -0.25) is 9.59 Å². The summed E-state index contributed by atoms with van der Waals surface area (Å²) >= 11 is 0. The summed E-state index contributed by atoms with van der Waals surface area (Å²) < 4.78 is 5.59. The van der Waals surface area contributed by atoms with E-state index >= 15 is 0 Å². The van der Waals surface area contributed by atoms with E-state index in [1.807, 2.05) is 0 Å². The minimum atomic E-state index is -0.173. The van der Waals surface area contributed by atoms with E-state index in [4.69, 9.17) is 4.74 Å². The summed E-state index contributed by atoms with van der Waals surface area (Å²) in [5, 5.41) is 0. The SMILES string of the molecule is CCCCCCOC1=C(C)C(=O)c2ccccc2C1=O. The number of benzene rings is 1. The van der Waals surface area contributed by atoms with Crippen LogP contribution >= 0.6 is 0 Å². The van der Waals surface area contributed by atoms with Crippen molar-refractivity contribution in [2.75, 3.05) is 6.61 Å². The zero-order valence-electron chi connectivity index (χ0n) is 12.1. The summed E-state index contributed by atoms with van der Waals surface area (Å²) in [6.45, 7) is 4.30. The second-order valence-electron chi connectivity index (χ2n) is 5.07. The van der Waals surface area contributed by atoms with E-state index in [0.717, 1.165) is 25.7 Å². The third-order valence-electron chi connectivity index (χ3n) is 3.55. The van der Waals surface area contributed by atoms with E-state index in [-0.39, 0.29) is 17.3 Å². The molecule has 1 aromatic rings. The van der Waals surface area contributed by atoms with Crippen molar-refractivity contribution in [1.82, 2.24) is 0 Å². The Hall–Kier alpha value is -1.90. The maximum atomic E-state index is 12.4. The molecule has 0 saturated heterocycles. The molecule has 1 aliphatic rings. The summed E-state index contributed by atoms with van der Waals surface area (Å²) in [6.07, 6.45) is 4.32. The van der Waals surface area contributed by atoms with Crippen LogP contribution in [0.25, 0.3) is 0 Å². The molecule has 0 aromatic heterocycles. The number of allylic oxidation sites excluding steroid dienone is 2. The average Bonchev–Trinajstić information content (AvgIpc) is 2.48. The maximum absolute atomic E-state index is 12.4. The molecule has 1 aromatic carbocycles. The molecule has 0 aliphatic heterocycles. The Balaban J connectivity index is 2.11. The molecule has 106 valence electrons. The number of fused-ring (bicyclic) bond motifs is 1. The average molecular weight is 272 g/mol. The molecular formula is C17H20O3. The summed E-state index contributed by atoms with van der Waals surface area (Å²) in [5.41, 5.74) is 1.35. The van der Waals surface area contributed by atoms with Crippen LogP contribution in [0.15, 0.2) is 35.6 Å². The molecule has 2 rings (SSSR count). The van der Waals surface area contributed by atoms with Gasteiger partial charge < -0.3 is 4.74 Å². The van der Waals surface area contributed by atoms with Crippen LogP contribution in [0, 0.1) is 0 Å². The van der Waals surface area contributed by atoms with Gasteiger partial charge in [0.2, 0.25) is 5.78 Å². The van der Waals surface area contributed by atoms with Crippen LogP contribution in [0.4, 0.5) is 0 Å². The van der Waals surface area contributed by atoms with Crippen molar-refractivity contribution < 1.29 is 14.3 Å². The van der Waals surface area contributed by atoms with Gasteiger partial charge in [0, 0.05) is 16.7 Å². The Morgan fingerprint density at radius 2 is 1.60 bits per heavy atom. The lowest BCUT2D eigenvalue weighted by Crippen LogP contribution is -2.22. The van der Waals surface area contributed by atoms with E-state index in [2.05, 4.69) is 6.92 Å². The Morgan fingerprint density at radius 3 is 2.25 bits per heavy atom. The van der Waals surface area contributed by atoms with Gasteiger partial charge in [-0.15, -0.1) is 0 Å². The van der Waals surface area contributed by atoms with Gasteiger partial charge in [0.05, 0.1) is 6.61 Å². The summed E-state index contributed by atoms with van der Waals surface area (Å²) in [4.78, 5) is 24.6. The number of Topliss-reactive ketones (excluding diaryl/α,β-unsaturated/α-hetero) is 2. The molecule has 3 nitrogen and oxygen atoms in total. The Kier molecular flexibility index (Phi) is 4.72. The van der Waals surface area contributed by atoms with Gasteiger partial charge in [0.25, 0.3) is 0 Å². The predicted molar refractivity (Wildman–Crippen MR) is 77.9 cm³/mol. The van der Waals surface area contributed by atoms with Crippen LogP contribution in [0.1, 0.15) is 60.2 Å². The van der Waals surface area contributed by atoms with Gasteiger partial charge in [0.15, 0.2) is 11.5 Å². The molecular weight excluding hydrogens is 252 g/mol. The van der Waals surface area contributed by atoms with E-state index in [0.29, 0.717) is 23.3 Å². The van der Waals surface area contributed by atoms with Crippen LogP contribution < -0.4 is 0 Å². The lowest BCUT2D eigenvalue weighted by atomic mass is 9.89. The molecule has 1 aliphatic carbocycles. The highest BCUT2D eigenvalue weighted by Gasteiger charge is 2.30. The second kappa shape index (κ2) is 6.51. The van der Waals surface area contributed by atoms with Crippen molar-refractivity contribution in [2.45, 2.75) is 39.5 Å². The Bertz CT molecular complexity index is 555. The van der Waals surface area contributed by atoms with Gasteiger partial charge in [-0.05, 0) is 13.3 Å². The zero-order valence-corrected chi connectivity index (χ0v) is 12.1. The largest absolute Gasteiger partial charge is 0.489 e. The molecule has 0 atom stereocenters. The molecule has 0 radical (unpaired) electrons. The number of carbonyl (C=O) groups excluding carboxylic acids is 2. The first-order valence-electron chi connectivity index (χ1n) is 7.19. The number of hydrogen-bond donors (Lipinski definition) is 0. The number of ether oxygens (including phenoxy) is 1. The molecule has 0 amide bonds. The van der Waals surface area contributed by atoms with E-state index in [1.54, 1.807) is 31.2 Å². The minimum Gasteiger partial charge on any atom is -0.489 e. The number of ketones is 2. The molecule has 0 spiro atoms. The van der Waals surface area contributed by atoms with Crippen molar-refractivity contribution in [3.8, 4) is 0 Å². The molecule has 0 N–H and O–H groups in total. The third kappa shape index (κ3) is 2.82. The number of rotatable bonds is 6. The fourth-order valence-electron chi connectivity index (χ4n) is 2.35. The van der Waals surface area contributed by atoms with Crippen LogP contribution in [0.3, 0.4) is 0 Å². The first-order valence-corrected chi connectivity index (χ1v) is 7.19. The Morgan fingerprint density at radius 1 is 0.950 bits per heavy atom. The predicted octanol–water partition coefficient (Wildman–Crippen LogP) is 3.94. The topological polar surface area (TPSA) is 43.4 Å². The number of hydrogen-bond acceptors (Lipinski definition) is 3. The number of unbranched alkanes of at least 4 members (excludes halogenated alkanes) is 3. The molecule has 0 unspecified atom stereocenters. The van der Waals surface area contributed by atoms with Gasteiger partial charge in [-0.25, -0.2) is 0 Å². The van der Waals surface area contributed by atoms with Gasteiger partial charge in [-0.1, -0.05) is 50.5 Å². The second-order valence-corrected chi connectivity index (χ2v) is 5.07. The zero-order chi connectivity index (χ0) is 14.5. The van der Waals surface area contributed by atoms with Crippen LogP contribution in [0.5, 0.6) is 0 Å². The smallest absolute Gasteiger partial charge is 0.228 e. The summed E-state index contributed by atoms with van der Waals surface area (Å²) in [5.74, 6) is -0.0536. The highest BCUT2D eigenvalue weighted by atomic mass is 16.5. The van der Waals surface area contributed by atoms with Crippen molar-refractivity contribution in [2.24, 2.45) is 0 Å². The number of carbonyl (C=O) groups is 2. The van der Waals surface area contributed by atoms with E-state index in [9.17, 15) is 9.59 Å². The van der Waals surface area contributed by atoms with Crippen molar-refractivity contribution in [3.05, 3.63) is 46.7 Å². The molecule has 3 heteroatoms. The van der Waals surface area contributed by atoms with Crippen LogP contribution in [-0.2, 0) is 4.74 Å². The van der Waals surface area contributed by atoms with Gasteiger partial charge in [0.1, 0.15) is 0 Å². The minimum absolute atomic E-state index is 0.108. The fourth-order valence-corrected chi connectivity index (χ4v) is 2.35. The van der Waals surface area contributed by atoms with Crippen LogP contribution in [0.2, 0.25) is 0 Å². The highest BCUT2D eigenvalue weighted by molar-refractivity contribution is 6.25. The Labute approximate surface area is 119 Å². The summed E-state index contributed by atoms with van der Waals surface area (Å²) in [7, 11) is 0. The first kappa shape index (κ1) is 14.5. The molecule has 20 heavy (non-hydrogen) atoms. The van der Waals surface area contributed by atoms with Gasteiger partial charge >= 0.3 is 0 Å². The molecule has 0 bridgehead atoms. The fraction of sp³-hybridized carbons (Fsp3) is 0.412. The molecule has 0 fully saturated rings. The maximum Gasteiger partial charge on any atom is 0.228 e. The van der Waals surface area contributed by atoms with E-state index < -0.39 is 0 Å². The summed E-state index contributed by atoms with van der Waals surface area (Å²) in [6, 6.07) is 6.91. The standard InChI is InChI=1S/C17H20O3/c1-3-4-5-8-11-20-17-12(2)15(18)13-9-6-7-10-14(13)16(17)19/h6-7,9-10H,3-5,8,11H2,1-2H3. The quantitative estimate of drug-likeness (QED) is 0.737. The van der Waals surface area contributed by atoms with Crippen LogP contribution in [-0.4, -0.2) is 18.2 Å². The first-order chi connectivity index (χ1) is 9.66. The molecule has 0 heterocycles.